The highest BCUT2D eigenvalue weighted by atomic mass is 16.1. The Bertz CT molecular complexity index is 659. The van der Waals surface area contributed by atoms with E-state index in [9.17, 15) is 4.79 Å². The first-order chi connectivity index (χ1) is 11.2. The number of benzene rings is 1. The average Bonchev–Trinajstić information content (AvgIpc) is 3.04. The average molecular weight is 310 g/mol. The van der Waals surface area contributed by atoms with Crippen LogP contribution in [0.25, 0.3) is 0 Å². The van der Waals surface area contributed by atoms with E-state index in [1.165, 1.54) is 29.9 Å². The van der Waals surface area contributed by atoms with Crippen molar-refractivity contribution in [1.82, 2.24) is 20.2 Å². The number of hydrogen-bond acceptors (Lipinski definition) is 4. The van der Waals surface area contributed by atoms with Crippen molar-refractivity contribution in [2.75, 3.05) is 26.2 Å². The lowest BCUT2D eigenvalue weighted by Gasteiger charge is -2.17. The van der Waals surface area contributed by atoms with Gasteiger partial charge in [-0.15, -0.1) is 0 Å². The maximum absolute atomic E-state index is 11.9. The number of nitrogens with zero attached hydrogens (tertiary/aromatic N) is 3. The standard InChI is InChI=1S/C18H22N4O/c1-14-4-2-3-5-16(14)15-6-10-22(13-15)11-9-21-18(23)17-12-19-7-8-20-17/h2-5,7-8,12,15H,6,9-11,13H2,1H3,(H,21,23)/t15-/m0/s1. The number of carbonyl (C=O) groups excluding carboxylic acids is 1. The summed E-state index contributed by atoms with van der Waals surface area (Å²) in [6.45, 7) is 5.83. The molecule has 0 unspecified atom stereocenters. The quantitative estimate of drug-likeness (QED) is 0.918. The van der Waals surface area contributed by atoms with E-state index in [1.807, 2.05) is 0 Å². The van der Waals surface area contributed by atoms with Crippen molar-refractivity contribution in [2.24, 2.45) is 0 Å². The van der Waals surface area contributed by atoms with Gasteiger partial charge >= 0.3 is 0 Å². The van der Waals surface area contributed by atoms with Crippen LogP contribution < -0.4 is 5.32 Å². The Kier molecular flexibility index (Phi) is 4.98. The number of nitrogens with one attached hydrogen (secondary N) is 1. The zero-order valence-corrected chi connectivity index (χ0v) is 13.4. The highest BCUT2D eigenvalue weighted by molar-refractivity contribution is 5.91. The Hall–Kier alpha value is -2.27. The zero-order valence-electron chi connectivity index (χ0n) is 13.4. The SMILES string of the molecule is Cc1ccccc1[C@H]1CCN(CCNC(=O)c2cnccn2)C1. The molecular weight excluding hydrogens is 288 g/mol. The van der Waals surface area contributed by atoms with Gasteiger partial charge in [0.15, 0.2) is 0 Å². The second-order valence-corrected chi connectivity index (χ2v) is 5.99. The van der Waals surface area contributed by atoms with Gasteiger partial charge in [0, 0.05) is 32.0 Å². The molecule has 0 radical (unpaired) electrons. The molecule has 1 aromatic heterocycles. The molecule has 1 N–H and O–H groups in total. The summed E-state index contributed by atoms with van der Waals surface area (Å²) in [7, 11) is 0. The summed E-state index contributed by atoms with van der Waals surface area (Å²) in [4.78, 5) is 22.2. The molecule has 2 aromatic rings. The second kappa shape index (κ2) is 7.33. The van der Waals surface area contributed by atoms with Crippen molar-refractivity contribution in [1.29, 1.82) is 0 Å². The second-order valence-electron chi connectivity index (χ2n) is 5.99. The molecule has 0 aliphatic carbocycles. The van der Waals surface area contributed by atoms with Gasteiger partial charge in [0.2, 0.25) is 0 Å². The first-order valence-electron chi connectivity index (χ1n) is 8.06. The number of aromatic nitrogens is 2. The summed E-state index contributed by atoms with van der Waals surface area (Å²) < 4.78 is 0. The predicted octanol–water partition coefficient (Wildman–Crippen LogP) is 2.00. The molecular formula is C18H22N4O. The molecule has 1 amide bonds. The third-order valence-corrected chi connectivity index (χ3v) is 4.41. The summed E-state index contributed by atoms with van der Waals surface area (Å²) in [5.74, 6) is 0.444. The molecule has 120 valence electrons. The minimum absolute atomic E-state index is 0.159. The van der Waals surface area contributed by atoms with Crippen LogP contribution in [0.1, 0.15) is 34.0 Å². The summed E-state index contributed by atoms with van der Waals surface area (Å²) in [6, 6.07) is 8.62. The molecule has 0 bridgehead atoms. The van der Waals surface area contributed by atoms with E-state index in [2.05, 4.69) is 51.4 Å². The topological polar surface area (TPSA) is 58.1 Å². The van der Waals surface area contributed by atoms with Crippen molar-refractivity contribution in [3.05, 3.63) is 59.7 Å². The van der Waals surface area contributed by atoms with Crippen molar-refractivity contribution in [3.8, 4) is 0 Å². The zero-order chi connectivity index (χ0) is 16.1. The molecule has 2 heterocycles. The largest absolute Gasteiger partial charge is 0.349 e. The van der Waals surface area contributed by atoms with Crippen LogP contribution in [0.15, 0.2) is 42.9 Å². The molecule has 0 saturated carbocycles. The van der Waals surface area contributed by atoms with Gasteiger partial charge in [-0.2, -0.15) is 0 Å². The maximum atomic E-state index is 11.9. The summed E-state index contributed by atoms with van der Waals surface area (Å²) in [5.41, 5.74) is 3.20. The fourth-order valence-corrected chi connectivity index (χ4v) is 3.17. The summed E-state index contributed by atoms with van der Waals surface area (Å²) in [5, 5.41) is 2.91. The molecule has 0 spiro atoms. The summed E-state index contributed by atoms with van der Waals surface area (Å²) >= 11 is 0. The number of rotatable bonds is 5. The molecule has 3 rings (SSSR count). The number of likely N-dealkylation sites (tertiary alicyclic amines) is 1. The lowest BCUT2D eigenvalue weighted by Crippen LogP contribution is -2.34. The van der Waals surface area contributed by atoms with Gasteiger partial charge in [-0.05, 0) is 36.9 Å². The van der Waals surface area contributed by atoms with Crippen LogP contribution in [0, 0.1) is 6.92 Å². The molecule has 5 heteroatoms. The van der Waals surface area contributed by atoms with E-state index in [1.54, 1.807) is 6.20 Å². The highest BCUT2D eigenvalue weighted by Gasteiger charge is 2.24. The number of hydrogen-bond donors (Lipinski definition) is 1. The predicted molar refractivity (Wildman–Crippen MR) is 89.3 cm³/mol. The Morgan fingerprint density at radius 2 is 2.22 bits per heavy atom. The molecule has 1 aromatic carbocycles. The minimum Gasteiger partial charge on any atom is -0.349 e. The van der Waals surface area contributed by atoms with E-state index in [0.717, 1.165) is 19.6 Å². The van der Waals surface area contributed by atoms with Crippen LogP contribution in [-0.2, 0) is 0 Å². The third-order valence-electron chi connectivity index (χ3n) is 4.41. The van der Waals surface area contributed by atoms with Crippen LogP contribution in [0.3, 0.4) is 0 Å². The van der Waals surface area contributed by atoms with Crippen molar-refractivity contribution in [2.45, 2.75) is 19.3 Å². The lowest BCUT2D eigenvalue weighted by molar-refractivity contribution is 0.0944. The first-order valence-corrected chi connectivity index (χ1v) is 8.06. The van der Waals surface area contributed by atoms with Crippen LogP contribution in [0.4, 0.5) is 0 Å². The Labute approximate surface area is 136 Å². The minimum atomic E-state index is -0.159. The van der Waals surface area contributed by atoms with Gasteiger partial charge in [0.25, 0.3) is 5.91 Å². The smallest absolute Gasteiger partial charge is 0.271 e. The molecule has 1 aliphatic rings. The van der Waals surface area contributed by atoms with Crippen LogP contribution in [0.2, 0.25) is 0 Å². The van der Waals surface area contributed by atoms with Crippen LogP contribution >= 0.6 is 0 Å². The van der Waals surface area contributed by atoms with Gasteiger partial charge in [-0.1, -0.05) is 24.3 Å². The molecule has 1 aliphatic heterocycles. The fraction of sp³-hybridized carbons (Fsp3) is 0.389. The first kappa shape index (κ1) is 15.6. The Balaban J connectivity index is 1.46. The Morgan fingerprint density at radius 1 is 1.35 bits per heavy atom. The fourth-order valence-electron chi connectivity index (χ4n) is 3.17. The van der Waals surface area contributed by atoms with E-state index >= 15 is 0 Å². The normalized spacial score (nSPS) is 18.0. The summed E-state index contributed by atoms with van der Waals surface area (Å²) in [6.07, 6.45) is 5.76. The molecule has 5 nitrogen and oxygen atoms in total. The lowest BCUT2D eigenvalue weighted by atomic mass is 9.94. The Morgan fingerprint density at radius 3 is 3.00 bits per heavy atom. The van der Waals surface area contributed by atoms with Crippen molar-refractivity contribution >= 4 is 5.91 Å². The van der Waals surface area contributed by atoms with Crippen LogP contribution in [-0.4, -0.2) is 47.0 Å². The van der Waals surface area contributed by atoms with Crippen LogP contribution in [0.5, 0.6) is 0 Å². The third kappa shape index (κ3) is 3.93. The van der Waals surface area contributed by atoms with Crippen molar-refractivity contribution in [3.63, 3.8) is 0 Å². The van der Waals surface area contributed by atoms with E-state index in [4.69, 9.17) is 0 Å². The van der Waals surface area contributed by atoms with Gasteiger partial charge in [0.05, 0.1) is 6.20 Å². The van der Waals surface area contributed by atoms with Gasteiger partial charge < -0.3 is 10.2 Å². The van der Waals surface area contributed by atoms with Gasteiger partial charge in [0.1, 0.15) is 5.69 Å². The van der Waals surface area contributed by atoms with Gasteiger partial charge in [-0.3, -0.25) is 9.78 Å². The maximum Gasteiger partial charge on any atom is 0.271 e. The molecule has 1 atom stereocenters. The molecule has 23 heavy (non-hydrogen) atoms. The van der Waals surface area contributed by atoms with E-state index in [0.29, 0.717) is 18.2 Å². The van der Waals surface area contributed by atoms with Gasteiger partial charge in [-0.25, -0.2) is 4.98 Å². The van der Waals surface area contributed by atoms with E-state index in [-0.39, 0.29) is 5.91 Å². The molecule has 1 saturated heterocycles. The van der Waals surface area contributed by atoms with Crippen molar-refractivity contribution < 1.29 is 4.79 Å². The number of aryl methyl sites for hydroxylation is 1. The number of carbonyl (C=O) groups is 1. The highest BCUT2D eigenvalue weighted by Crippen LogP contribution is 2.28. The number of amides is 1. The monoisotopic (exact) mass is 310 g/mol. The molecule has 1 fully saturated rings. The van der Waals surface area contributed by atoms with E-state index < -0.39 is 0 Å².